The zero-order valence-corrected chi connectivity index (χ0v) is 10.5. The molecule has 2 rings (SSSR count). The highest BCUT2D eigenvalue weighted by Gasteiger charge is 2.19. The number of nitrogens with zero attached hydrogens (tertiary/aromatic N) is 3. The lowest BCUT2D eigenvalue weighted by molar-refractivity contribution is -0.0989. The summed E-state index contributed by atoms with van der Waals surface area (Å²) in [5.74, 6) is 0. The topological polar surface area (TPSA) is 106 Å². The first-order valence-electron chi connectivity index (χ1n) is 6.05. The van der Waals surface area contributed by atoms with Gasteiger partial charge in [-0.15, -0.1) is 0 Å². The number of nitrogens with two attached hydrogens (primary N) is 1. The van der Waals surface area contributed by atoms with Gasteiger partial charge in [0.2, 0.25) is 0 Å². The van der Waals surface area contributed by atoms with E-state index >= 15 is 0 Å². The third-order valence-corrected chi connectivity index (χ3v) is 3.07. The molecule has 1 aliphatic rings. The first kappa shape index (κ1) is 13.6. The van der Waals surface area contributed by atoms with Gasteiger partial charge in [0.15, 0.2) is 0 Å². The molecule has 19 heavy (non-hydrogen) atoms. The molecule has 0 fully saturated rings. The van der Waals surface area contributed by atoms with E-state index in [1.165, 1.54) is 6.21 Å². The van der Waals surface area contributed by atoms with Crippen molar-refractivity contribution < 1.29 is 15.4 Å². The molecule has 0 bridgehead atoms. The minimum atomic E-state index is -0.0115. The molecule has 7 nitrogen and oxygen atoms in total. The largest absolute Gasteiger partial charge is 0.398 e. The highest BCUT2D eigenvalue weighted by atomic mass is 16.5. The third-order valence-electron chi connectivity index (χ3n) is 3.07. The second-order valence-corrected chi connectivity index (χ2v) is 4.28. The molecule has 7 heteroatoms. The molecular weight excluding hydrogens is 248 g/mol. The number of benzene rings is 1. The Hall–Kier alpha value is -1.83. The van der Waals surface area contributed by atoms with Crippen LogP contribution in [0.1, 0.15) is 11.1 Å². The molecule has 0 saturated heterocycles. The van der Waals surface area contributed by atoms with Gasteiger partial charge in [-0.1, -0.05) is 0 Å². The number of aliphatic hydroxyl groups excluding tert-OH is 2. The van der Waals surface area contributed by atoms with E-state index in [0.29, 0.717) is 18.8 Å². The molecule has 1 heterocycles. The number of rotatable bonds is 5. The van der Waals surface area contributed by atoms with Crippen LogP contribution < -0.4 is 10.6 Å². The molecule has 1 aromatic rings. The van der Waals surface area contributed by atoms with Gasteiger partial charge >= 0.3 is 0 Å². The van der Waals surface area contributed by atoms with E-state index in [9.17, 15) is 5.21 Å². The second-order valence-electron chi connectivity index (χ2n) is 4.28. The molecule has 1 aliphatic heterocycles. The Balaban J connectivity index is 2.42. The average molecular weight is 266 g/mol. The SMILES string of the molecule is Nc1ccc(N(CCO)CCO)c2c1CN(O)N=C2. The van der Waals surface area contributed by atoms with Gasteiger partial charge in [-0.05, 0) is 12.1 Å². The third kappa shape index (κ3) is 2.78. The normalized spacial score (nSPS) is 13.5. The van der Waals surface area contributed by atoms with Gasteiger partial charge in [-0.3, -0.25) is 5.21 Å². The van der Waals surface area contributed by atoms with Crippen molar-refractivity contribution in [2.24, 2.45) is 5.10 Å². The van der Waals surface area contributed by atoms with Crippen LogP contribution >= 0.6 is 0 Å². The standard InChI is InChI=1S/C12H18N4O3/c13-11-1-2-12(15(3-5-17)4-6-18)9-7-14-16(19)8-10(9)11/h1-2,7,17-19H,3-6,8,13H2. The Labute approximate surface area is 111 Å². The van der Waals surface area contributed by atoms with Crippen LogP contribution in [0.5, 0.6) is 0 Å². The molecule has 0 aliphatic carbocycles. The lowest BCUT2D eigenvalue weighted by atomic mass is 10.0. The Morgan fingerprint density at radius 1 is 1.26 bits per heavy atom. The van der Waals surface area contributed by atoms with Gasteiger partial charge in [0.05, 0.1) is 26.0 Å². The first-order chi connectivity index (χ1) is 9.17. The summed E-state index contributed by atoms with van der Waals surface area (Å²) in [4.78, 5) is 1.86. The lowest BCUT2D eigenvalue weighted by Gasteiger charge is -2.28. The summed E-state index contributed by atoms with van der Waals surface area (Å²) in [6, 6.07) is 3.58. The zero-order chi connectivity index (χ0) is 13.8. The van der Waals surface area contributed by atoms with Crippen molar-refractivity contribution in [2.75, 3.05) is 36.9 Å². The number of fused-ring (bicyclic) bond motifs is 1. The molecule has 0 aromatic heterocycles. The number of hydrogen-bond donors (Lipinski definition) is 4. The molecule has 104 valence electrons. The van der Waals surface area contributed by atoms with E-state index in [4.69, 9.17) is 15.9 Å². The van der Waals surface area contributed by atoms with Crippen LogP contribution in [0, 0.1) is 0 Å². The van der Waals surface area contributed by atoms with E-state index in [1.54, 1.807) is 6.07 Å². The van der Waals surface area contributed by atoms with Gasteiger partial charge in [-0.2, -0.15) is 10.3 Å². The summed E-state index contributed by atoms with van der Waals surface area (Å²) in [7, 11) is 0. The maximum absolute atomic E-state index is 9.40. The van der Waals surface area contributed by atoms with Crippen molar-refractivity contribution in [3.05, 3.63) is 23.3 Å². The zero-order valence-electron chi connectivity index (χ0n) is 10.5. The fourth-order valence-electron chi connectivity index (χ4n) is 2.17. The molecule has 0 radical (unpaired) electrons. The summed E-state index contributed by atoms with van der Waals surface area (Å²) >= 11 is 0. The number of hydroxylamine groups is 1. The molecule has 0 spiro atoms. The summed E-state index contributed by atoms with van der Waals surface area (Å²) < 4.78 is 0. The molecule has 1 aromatic carbocycles. The van der Waals surface area contributed by atoms with Crippen LogP contribution in [-0.2, 0) is 6.54 Å². The number of hydrazone groups is 1. The molecule has 5 N–H and O–H groups in total. The number of aliphatic hydroxyl groups is 2. The highest BCUT2D eigenvalue weighted by Crippen LogP contribution is 2.30. The number of hydrogen-bond acceptors (Lipinski definition) is 7. The van der Waals surface area contributed by atoms with Crippen LogP contribution in [0.25, 0.3) is 0 Å². The summed E-state index contributed by atoms with van der Waals surface area (Å²) in [6.07, 6.45) is 1.53. The Kier molecular flexibility index (Phi) is 4.20. The molecule has 0 unspecified atom stereocenters. The monoisotopic (exact) mass is 266 g/mol. The van der Waals surface area contributed by atoms with Crippen LogP contribution in [0.15, 0.2) is 17.2 Å². The molecular formula is C12H18N4O3. The summed E-state index contributed by atoms with van der Waals surface area (Å²) in [5.41, 5.74) is 8.92. The van der Waals surface area contributed by atoms with Crippen molar-refractivity contribution in [1.29, 1.82) is 0 Å². The number of anilines is 2. The van der Waals surface area contributed by atoms with Crippen molar-refractivity contribution >= 4 is 17.6 Å². The Morgan fingerprint density at radius 3 is 2.58 bits per heavy atom. The maximum Gasteiger partial charge on any atom is 0.0923 e. The minimum Gasteiger partial charge on any atom is -0.398 e. The fourth-order valence-corrected chi connectivity index (χ4v) is 2.17. The first-order valence-corrected chi connectivity index (χ1v) is 6.05. The Morgan fingerprint density at radius 2 is 1.95 bits per heavy atom. The summed E-state index contributed by atoms with van der Waals surface area (Å²) in [6.45, 7) is 1.02. The molecule has 0 atom stereocenters. The predicted octanol–water partition coefficient (Wildman–Crippen LogP) is -0.402. The van der Waals surface area contributed by atoms with Crippen molar-refractivity contribution in [2.45, 2.75) is 6.54 Å². The van der Waals surface area contributed by atoms with Gasteiger partial charge in [0, 0.05) is 35.6 Å². The van der Waals surface area contributed by atoms with Gasteiger partial charge < -0.3 is 20.8 Å². The lowest BCUT2D eigenvalue weighted by Crippen LogP contribution is -2.32. The fraction of sp³-hybridized carbons (Fsp3) is 0.417. The van der Waals surface area contributed by atoms with Crippen LogP contribution in [0.2, 0.25) is 0 Å². The highest BCUT2D eigenvalue weighted by molar-refractivity contribution is 5.92. The van der Waals surface area contributed by atoms with Crippen molar-refractivity contribution in [3.63, 3.8) is 0 Å². The van der Waals surface area contributed by atoms with Crippen LogP contribution in [0.3, 0.4) is 0 Å². The van der Waals surface area contributed by atoms with E-state index in [1.807, 2.05) is 11.0 Å². The van der Waals surface area contributed by atoms with Gasteiger partial charge in [-0.25, -0.2) is 0 Å². The van der Waals surface area contributed by atoms with E-state index in [-0.39, 0.29) is 19.8 Å². The van der Waals surface area contributed by atoms with E-state index < -0.39 is 0 Å². The molecule has 0 amide bonds. The number of nitrogen functional groups attached to an aromatic ring is 1. The van der Waals surface area contributed by atoms with Crippen molar-refractivity contribution in [1.82, 2.24) is 5.17 Å². The van der Waals surface area contributed by atoms with Crippen LogP contribution in [-0.4, -0.2) is 53.1 Å². The Bertz CT molecular complexity index is 472. The maximum atomic E-state index is 9.40. The smallest absolute Gasteiger partial charge is 0.0923 e. The van der Waals surface area contributed by atoms with Crippen LogP contribution in [0.4, 0.5) is 11.4 Å². The van der Waals surface area contributed by atoms with E-state index in [0.717, 1.165) is 22.0 Å². The predicted molar refractivity (Wildman–Crippen MR) is 72.2 cm³/mol. The van der Waals surface area contributed by atoms with Gasteiger partial charge in [0.25, 0.3) is 0 Å². The second kappa shape index (κ2) is 5.87. The average Bonchev–Trinajstić information content (AvgIpc) is 2.40. The minimum absolute atomic E-state index is 0.0115. The molecule has 0 saturated carbocycles. The quantitative estimate of drug-likeness (QED) is 0.540. The summed E-state index contributed by atoms with van der Waals surface area (Å²) in [5, 5.41) is 32.3. The van der Waals surface area contributed by atoms with Crippen molar-refractivity contribution in [3.8, 4) is 0 Å². The van der Waals surface area contributed by atoms with E-state index in [2.05, 4.69) is 5.10 Å². The van der Waals surface area contributed by atoms with Gasteiger partial charge in [0.1, 0.15) is 0 Å².